The Morgan fingerprint density at radius 1 is 0.958 bits per heavy atom. The molecule has 9 heteroatoms. The fraction of sp³-hybridized carbons (Fsp3) is 0.133. The molecule has 0 amide bonds. The fourth-order valence-electron chi connectivity index (χ4n) is 2.11. The van der Waals surface area contributed by atoms with Crippen molar-refractivity contribution in [2.75, 3.05) is 5.75 Å². The van der Waals surface area contributed by atoms with Crippen LogP contribution in [-0.4, -0.2) is 34.0 Å². The fourth-order valence-corrected chi connectivity index (χ4v) is 3.44. The summed E-state index contributed by atoms with van der Waals surface area (Å²) in [5.74, 6) is -0.262. The van der Waals surface area contributed by atoms with Gasteiger partial charge in [-0.2, -0.15) is 9.36 Å². The standard InChI is InChI=1S/C15H13ClN4O3S/c16-12-6-8-14(9-7-12)24(22,23)11-10-19-15(21)20(18-17-19)13-4-2-1-3-5-13/h1-9H,10-11H2. The molecule has 0 radical (unpaired) electrons. The molecule has 0 saturated heterocycles. The molecule has 1 aromatic heterocycles. The summed E-state index contributed by atoms with van der Waals surface area (Å²) >= 11 is 5.76. The van der Waals surface area contributed by atoms with E-state index in [4.69, 9.17) is 11.6 Å². The highest BCUT2D eigenvalue weighted by molar-refractivity contribution is 7.91. The van der Waals surface area contributed by atoms with Crippen molar-refractivity contribution in [1.82, 2.24) is 19.8 Å². The molecule has 0 aliphatic carbocycles. The zero-order valence-electron chi connectivity index (χ0n) is 12.4. The number of benzene rings is 2. The molecule has 0 unspecified atom stereocenters. The van der Waals surface area contributed by atoms with Crippen LogP contribution in [0, 0.1) is 0 Å². The maximum absolute atomic E-state index is 12.3. The summed E-state index contributed by atoms with van der Waals surface area (Å²) in [5.41, 5.74) is 0.0711. The van der Waals surface area contributed by atoms with E-state index in [2.05, 4.69) is 10.4 Å². The normalized spacial score (nSPS) is 11.5. The summed E-state index contributed by atoms with van der Waals surface area (Å²) in [4.78, 5) is 12.4. The quantitative estimate of drug-likeness (QED) is 0.685. The molecular formula is C15H13ClN4O3S. The molecule has 3 aromatic rings. The van der Waals surface area contributed by atoms with Crippen LogP contribution in [0.3, 0.4) is 0 Å². The van der Waals surface area contributed by atoms with E-state index in [0.717, 1.165) is 9.36 Å². The smallest absolute Gasteiger partial charge is 0.244 e. The Morgan fingerprint density at radius 3 is 2.29 bits per heavy atom. The minimum Gasteiger partial charge on any atom is -0.244 e. The lowest BCUT2D eigenvalue weighted by Gasteiger charge is -2.04. The first-order valence-corrected chi connectivity index (χ1v) is 9.07. The number of sulfone groups is 1. The van der Waals surface area contributed by atoms with Crippen molar-refractivity contribution in [1.29, 1.82) is 0 Å². The highest BCUT2D eigenvalue weighted by Crippen LogP contribution is 2.15. The van der Waals surface area contributed by atoms with Crippen LogP contribution in [0.5, 0.6) is 0 Å². The van der Waals surface area contributed by atoms with Crippen molar-refractivity contribution in [2.45, 2.75) is 11.4 Å². The second-order valence-electron chi connectivity index (χ2n) is 5.00. The second-order valence-corrected chi connectivity index (χ2v) is 7.55. The largest absolute Gasteiger partial charge is 0.368 e. The topological polar surface area (TPSA) is 86.8 Å². The third kappa shape index (κ3) is 3.39. The van der Waals surface area contributed by atoms with Crippen LogP contribution >= 0.6 is 11.6 Å². The van der Waals surface area contributed by atoms with Gasteiger partial charge in [-0.25, -0.2) is 13.2 Å². The third-order valence-corrected chi connectivity index (χ3v) is 5.35. The van der Waals surface area contributed by atoms with E-state index in [1.165, 1.54) is 24.3 Å². The second kappa shape index (κ2) is 6.58. The van der Waals surface area contributed by atoms with Gasteiger partial charge in [-0.1, -0.05) is 29.8 Å². The van der Waals surface area contributed by atoms with E-state index >= 15 is 0 Å². The number of para-hydroxylation sites is 1. The van der Waals surface area contributed by atoms with Crippen molar-refractivity contribution in [3.63, 3.8) is 0 Å². The van der Waals surface area contributed by atoms with Gasteiger partial charge >= 0.3 is 5.69 Å². The summed E-state index contributed by atoms with van der Waals surface area (Å²) in [5, 5.41) is 7.96. The van der Waals surface area contributed by atoms with Gasteiger partial charge in [-0.3, -0.25) is 0 Å². The molecule has 0 atom stereocenters. The van der Waals surface area contributed by atoms with E-state index in [1.807, 2.05) is 6.07 Å². The Labute approximate surface area is 143 Å². The Kier molecular flexibility index (Phi) is 4.50. The number of tetrazole rings is 1. The van der Waals surface area contributed by atoms with E-state index in [9.17, 15) is 13.2 Å². The number of aryl methyl sites for hydroxylation is 1. The van der Waals surface area contributed by atoms with Crippen LogP contribution in [0.4, 0.5) is 0 Å². The number of hydrogen-bond acceptors (Lipinski definition) is 5. The molecule has 0 bridgehead atoms. The summed E-state index contributed by atoms with van der Waals surface area (Å²) in [6, 6.07) is 14.7. The molecule has 0 N–H and O–H groups in total. The predicted octanol–water partition coefficient (Wildman–Crippen LogP) is 1.56. The lowest BCUT2D eigenvalue weighted by molar-refractivity contribution is 0.569. The zero-order valence-corrected chi connectivity index (χ0v) is 14.0. The molecule has 124 valence electrons. The lowest BCUT2D eigenvalue weighted by Crippen LogP contribution is -2.27. The van der Waals surface area contributed by atoms with Crippen molar-refractivity contribution < 1.29 is 8.42 Å². The van der Waals surface area contributed by atoms with Gasteiger partial charge in [-0.15, -0.1) is 0 Å². The van der Waals surface area contributed by atoms with Crippen LogP contribution in [0.1, 0.15) is 0 Å². The van der Waals surface area contributed by atoms with Crippen LogP contribution in [0.2, 0.25) is 5.02 Å². The minimum absolute atomic E-state index is 0.0867. The van der Waals surface area contributed by atoms with Crippen LogP contribution in [0.25, 0.3) is 5.69 Å². The Bertz CT molecular complexity index is 995. The van der Waals surface area contributed by atoms with Crippen LogP contribution in [0.15, 0.2) is 64.3 Å². The van der Waals surface area contributed by atoms with Crippen LogP contribution < -0.4 is 5.69 Å². The van der Waals surface area contributed by atoms with E-state index in [1.54, 1.807) is 24.3 Å². The van der Waals surface area contributed by atoms with Crippen molar-refractivity contribution in [2.24, 2.45) is 0 Å². The SMILES string of the molecule is O=c1n(CCS(=O)(=O)c2ccc(Cl)cc2)nnn1-c1ccccc1. The number of hydrogen-bond donors (Lipinski definition) is 0. The van der Waals surface area contributed by atoms with Gasteiger partial charge in [0, 0.05) is 5.02 Å². The highest BCUT2D eigenvalue weighted by Gasteiger charge is 2.16. The lowest BCUT2D eigenvalue weighted by atomic mass is 10.3. The van der Waals surface area contributed by atoms with Gasteiger partial charge in [0.2, 0.25) is 0 Å². The third-order valence-electron chi connectivity index (χ3n) is 3.38. The molecule has 0 aliphatic heterocycles. The molecular weight excluding hydrogens is 352 g/mol. The van der Waals surface area contributed by atoms with E-state index in [-0.39, 0.29) is 17.2 Å². The van der Waals surface area contributed by atoms with Gasteiger partial charge in [0.15, 0.2) is 9.84 Å². The number of aromatic nitrogens is 4. The van der Waals surface area contributed by atoms with Gasteiger partial charge < -0.3 is 0 Å². The Morgan fingerprint density at radius 2 is 1.62 bits per heavy atom. The highest BCUT2D eigenvalue weighted by atomic mass is 35.5. The maximum atomic E-state index is 12.3. The average Bonchev–Trinajstić information content (AvgIpc) is 2.95. The summed E-state index contributed by atoms with van der Waals surface area (Å²) in [6.45, 7) is -0.0867. The van der Waals surface area contributed by atoms with E-state index < -0.39 is 15.5 Å². The maximum Gasteiger partial charge on any atom is 0.368 e. The summed E-state index contributed by atoms with van der Waals surface area (Å²) < 4.78 is 26.7. The number of rotatable bonds is 5. The first-order chi connectivity index (χ1) is 11.5. The molecule has 3 rings (SSSR count). The number of halogens is 1. The molecule has 7 nitrogen and oxygen atoms in total. The van der Waals surface area contributed by atoms with Crippen molar-refractivity contribution in [3.8, 4) is 5.69 Å². The number of nitrogens with zero attached hydrogens (tertiary/aromatic N) is 4. The van der Waals surface area contributed by atoms with Crippen molar-refractivity contribution >= 4 is 21.4 Å². The Balaban J connectivity index is 1.79. The zero-order chi connectivity index (χ0) is 17.2. The predicted molar refractivity (Wildman–Crippen MR) is 89.1 cm³/mol. The van der Waals surface area contributed by atoms with Crippen LogP contribution in [-0.2, 0) is 16.4 Å². The molecule has 0 saturated carbocycles. The van der Waals surface area contributed by atoms with Gasteiger partial charge in [0.1, 0.15) is 0 Å². The first-order valence-electron chi connectivity index (χ1n) is 7.04. The van der Waals surface area contributed by atoms with E-state index in [0.29, 0.717) is 10.7 Å². The van der Waals surface area contributed by atoms with Gasteiger partial charge in [0.25, 0.3) is 0 Å². The van der Waals surface area contributed by atoms with Gasteiger partial charge in [0.05, 0.1) is 22.9 Å². The molecule has 24 heavy (non-hydrogen) atoms. The molecule has 0 fully saturated rings. The Hall–Kier alpha value is -2.45. The molecule has 1 heterocycles. The summed E-state index contributed by atoms with van der Waals surface area (Å²) in [6.07, 6.45) is 0. The minimum atomic E-state index is -3.54. The first kappa shape index (κ1) is 16.4. The average molecular weight is 365 g/mol. The van der Waals surface area contributed by atoms with Gasteiger partial charge in [-0.05, 0) is 46.8 Å². The summed E-state index contributed by atoms with van der Waals surface area (Å²) in [7, 11) is -3.54. The monoisotopic (exact) mass is 364 g/mol. The molecule has 0 aliphatic rings. The van der Waals surface area contributed by atoms with Crippen molar-refractivity contribution in [3.05, 3.63) is 70.1 Å². The molecule has 2 aromatic carbocycles. The molecule has 0 spiro atoms.